The third-order valence-corrected chi connectivity index (χ3v) is 3.62. The van der Waals surface area contributed by atoms with Gasteiger partial charge in [-0.2, -0.15) is 0 Å². The van der Waals surface area contributed by atoms with E-state index in [1.165, 1.54) is 0 Å². The quantitative estimate of drug-likeness (QED) is 0.843. The second-order valence-electron chi connectivity index (χ2n) is 3.66. The predicted octanol–water partition coefficient (Wildman–Crippen LogP) is 1.22. The van der Waals surface area contributed by atoms with Crippen LogP contribution in [0.15, 0.2) is 5.38 Å². The Hall–Kier alpha value is -0.650. The first kappa shape index (κ1) is 10.9. The summed E-state index contributed by atoms with van der Waals surface area (Å²) in [6, 6.07) is 0.468. The summed E-state index contributed by atoms with van der Waals surface area (Å²) in [5, 5.41) is 3.13. The van der Waals surface area contributed by atoms with Crippen LogP contribution in [0.3, 0.4) is 0 Å². The molecule has 1 atom stereocenters. The van der Waals surface area contributed by atoms with E-state index in [1.807, 2.05) is 5.38 Å². The van der Waals surface area contributed by atoms with Gasteiger partial charge in [0, 0.05) is 18.5 Å². The Bertz CT molecular complexity index is 315. The first-order valence-electron chi connectivity index (χ1n) is 5.34. The highest BCUT2D eigenvalue weighted by atomic mass is 32.1. The molecule has 84 valence electrons. The number of ether oxygens (including phenoxy) is 1. The summed E-state index contributed by atoms with van der Waals surface area (Å²) in [5.41, 5.74) is 6.54. The maximum atomic E-state index is 5.56. The average Bonchev–Trinajstić information content (AvgIpc) is 2.77. The molecule has 15 heavy (non-hydrogen) atoms. The van der Waals surface area contributed by atoms with Crippen molar-refractivity contribution >= 4 is 16.5 Å². The van der Waals surface area contributed by atoms with Gasteiger partial charge in [-0.05, 0) is 6.42 Å². The van der Waals surface area contributed by atoms with Gasteiger partial charge in [-0.15, -0.1) is 11.3 Å². The largest absolute Gasteiger partial charge is 0.377 e. The molecule has 1 aromatic heterocycles. The summed E-state index contributed by atoms with van der Waals surface area (Å²) in [4.78, 5) is 6.86. The molecular weight excluding hydrogens is 210 g/mol. The van der Waals surface area contributed by atoms with Crippen LogP contribution in [0.1, 0.15) is 19.0 Å². The molecule has 0 saturated carbocycles. The number of aromatic nitrogens is 1. The second kappa shape index (κ2) is 4.92. The molecule has 2 heterocycles. The van der Waals surface area contributed by atoms with E-state index >= 15 is 0 Å². The topological polar surface area (TPSA) is 51.4 Å². The molecule has 0 radical (unpaired) electrons. The molecule has 0 aromatic carbocycles. The number of nitrogens with zero attached hydrogens (tertiary/aromatic N) is 2. The molecular formula is C10H17N3OS. The maximum absolute atomic E-state index is 5.56. The van der Waals surface area contributed by atoms with Crippen molar-refractivity contribution in [2.45, 2.75) is 25.9 Å². The van der Waals surface area contributed by atoms with E-state index in [0.29, 0.717) is 12.6 Å². The summed E-state index contributed by atoms with van der Waals surface area (Å²) in [7, 11) is 0. The number of morpholine rings is 1. The number of rotatable bonds is 3. The van der Waals surface area contributed by atoms with E-state index in [0.717, 1.165) is 37.0 Å². The Balaban J connectivity index is 2.12. The Kier molecular flexibility index (Phi) is 3.56. The van der Waals surface area contributed by atoms with E-state index < -0.39 is 0 Å². The van der Waals surface area contributed by atoms with Crippen molar-refractivity contribution in [3.8, 4) is 0 Å². The van der Waals surface area contributed by atoms with Crippen LogP contribution >= 0.6 is 11.3 Å². The fourth-order valence-corrected chi connectivity index (χ4v) is 2.70. The summed E-state index contributed by atoms with van der Waals surface area (Å²) >= 11 is 1.68. The van der Waals surface area contributed by atoms with E-state index in [1.54, 1.807) is 11.3 Å². The zero-order chi connectivity index (χ0) is 10.7. The average molecular weight is 227 g/mol. The van der Waals surface area contributed by atoms with E-state index in [-0.39, 0.29) is 0 Å². The van der Waals surface area contributed by atoms with Gasteiger partial charge >= 0.3 is 0 Å². The Labute approximate surface area is 94.1 Å². The fraction of sp³-hybridized carbons (Fsp3) is 0.700. The Morgan fingerprint density at radius 2 is 2.60 bits per heavy atom. The van der Waals surface area contributed by atoms with Crippen LogP contribution in [0.5, 0.6) is 0 Å². The summed E-state index contributed by atoms with van der Waals surface area (Å²) < 4.78 is 5.47. The monoisotopic (exact) mass is 227 g/mol. The van der Waals surface area contributed by atoms with Crippen molar-refractivity contribution in [2.24, 2.45) is 5.73 Å². The van der Waals surface area contributed by atoms with Gasteiger partial charge in [0.15, 0.2) is 5.13 Å². The lowest BCUT2D eigenvalue weighted by Crippen LogP contribution is -2.45. The lowest BCUT2D eigenvalue weighted by atomic mass is 10.2. The minimum absolute atomic E-state index is 0.468. The van der Waals surface area contributed by atoms with E-state index in [9.17, 15) is 0 Å². The van der Waals surface area contributed by atoms with Gasteiger partial charge in [-0.3, -0.25) is 0 Å². The Morgan fingerprint density at radius 3 is 3.27 bits per heavy atom. The molecule has 0 amide bonds. The standard InChI is InChI=1S/C10H17N3OS/c1-2-9-6-14-4-3-13(9)10-12-8(5-11)7-15-10/h7,9H,2-6,11H2,1H3. The summed E-state index contributed by atoms with van der Waals surface area (Å²) in [5.74, 6) is 0. The maximum Gasteiger partial charge on any atom is 0.185 e. The molecule has 2 N–H and O–H groups in total. The van der Waals surface area contributed by atoms with Gasteiger partial charge in [-0.25, -0.2) is 4.98 Å². The lowest BCUT2D eigenvalue weighted by molar-refractivity contribution is 0.0929. The van der Waals surface area contributed by atoms with Crippen LogP contribution in [-0.4, -0.2) is 30.8 Å². The molecule has 5 heteroatoms. The van der Waals surface area contributed by atoms with Crippen LogP contribution in [0.25, 0.3) is 0 Å². The predicted molar refractivity (Wildman–Crippen MR) is 62.2 cm³/mol. The summed E-state index contributed by atoms with van der Waals surface area (Å²) in [6.07, 6.45) is 1.09. The minimum atomic E-state index is 0.468. The molecule has 0 bridgehead atoms. The molecule has 1 aromatic rings. The number of hydrogen-bond acceptors (Lipinski definition) is 5. The van der Waals surface area contributed by atoms with Gasteiger partial charge in [0.2, 0.25) is 0 Å². The first-order valence-corrected chi connectivity index (χ1v) is 6.22. The number of thiazole rings is 1. The van der Waals surface area contributed by atoms with Crippen LogP contribution in [-0.2, 0) is 11.3 Å². The van der Waals surface area contributed by atoms with Gasteiger partial charge < -0.3 is 15.4 Å². The number of anilines is 1. The SMILES string of the molecule is CCC1COCCN1c1nc(CN)cs1. The highest BCUT2D eigenvalue weighted by Crippen LogP contribution is 2.25. The van der Waals surface area contributed by atoms with Crippen LogP contribution in [0, 0.1) is 0 Å². The van der Waals surface area contributed by atoms with Crippen LogP contribution in [0.4, 0.5) is 5.13 Å². The molecule has 2 rings (SSSR count). The van der Waals surface area contributed by atoms with Crippen molar-refractivity contribution in [3.63, 3.8) is 0 Å². The summed E-state index contributed by atoms with van der Waals surface area (Å²) in [6.45, 7) is 5.26. The van der Waals surface area contributed by atoms with Gasteiger partial charge in [0.05, 0.1) is 24.9 Å². The molecule has 4 nitrogen and oxygen atoms in total. The van der Waals surface area contributed by atoms with Crippen molar-refractivity contribution in [2.75, 3.05) is 24.7 Å². The normalized spacial score (nSPS) is 22.0. The molecule has 1 saturated heterocycles. The second-order valence-corrected chi connectivity index (χ2v) is 4.49. The van der Waals surface area contributed by atoms with E-state index in [2.05, 4.69) is 16.8 Å². The molecule has 0 spiro atoms. The van der Waals surface area contributed by atoms with E-state index in [4.69, 9.17) is 10.5 Å². The number of nitrogens with two attached hydrogens (primary N) is 1. The zero-order valence-electron chi connectivity index (χ0n) is 8.98. The van der Waals surface area contributed by atoms with Crippen LogP contribution in [0.2, 0.25) is 0 Å². The number of hydrogen-bond donors (Lipinski definition) is 1. The van der Waals surface area contributed by atoms with Gasteiger partial charge in [-0.1, -0.05) is 6.92 Å². The third-order valence-electron chi connectivity index (χ3n) is 2.69. The van der Waals surface area contributed by atoms with Crippen molar-refractivity contribution in [3.05, 3.63) is 11.1 Å². The van der Waals surface area contributed by atoms with Crippen molar-refractivity contribution in [1.29, 1.82) is 0 Å². The highest BCUT2D eigenvalue weighted by Gasteiger charge is 2.23. The van der Waals surface area contributed by atoms with Crippen molar-refractivity contribution < 1.29 is 4.74 Å². The fourth-order valence-electron chi connectivity index (χ4n) is 1.77. The zero-order valence-corrected chi connectivity index (χ0v) is 9.80. The molecule has 1 fully saturated rings. The first-order chi connectivity index (χ1) is 7.35. The Morgan fingerprint density at radius 1 is 1.73 bits per heavy atom. The molecule has 1 aliphatic rings. The van der Waals surface area contributed by atoms with Crippen molar-refractivity contribution in [1.82, 2.24) is 4.98 Å². The molecule has 1 unspecified atom stereocenters. The molecule has 0 aliphatic carbocycles. The lowest BCUT2D eigenvalue weighted by Gasteiger charge is -2.34. The van der Waals surface area contributed by atoms with Gasteiger partial charge in [0.25, 0.3) is 0 Å². The minimum Gasteiger partial charge on any atom is -0.377 e. The smallest absolute Gasteiger partial charge is 0.185 e. The highest BCUT2D eigenvalue weighted by molar-refractivity contribution is 7.13. The molecule has 1 aliphatic heterocycles. The van der Waals surface area contributed by atoms with Crippen LogP contribution < -0.4 is 10.6 Å². The van der Waals surface area contributed by atoms with Gasteiger partial charge in [0.1, 0.15) is 0 Å². The third kappa shape index (κ3) is 2.30.